The molecule has 3 aromatic rings. The van der Waals surface area contributed by atoms with Crippen LogP contribution >= 0.6 is 0 Å². The molecule has 0 aliphatic heterocycles. The summed E-state index contributed by atoms with van der Waals surface area (Å²) in [4.78, 5) is 31.4. The first-order valence-electron chi connectivity index (χ1n) is 8.28. The van der Waals surface area contributed by atoms with Crippen molar-refractivity contribution < 1.29 is 9.59 Å². The highest BCUT2D eigenvalue weighted by Crippen LogP contribution is 2.17. The van der Waals surface area contributed by atoms with Gasteiger partial charge in [-0.1, -0.05) is 24.3 Å². The van der Waals surface area contributed by atoms with Gasteiger partial charge in [-0.25, -0.2) is 4.98 Å². The van der Waals surface area contributed by atoms with Gasteiger partial charge in [0, 0.05) is 25.0 Å². The molecule has 0 fully saturated rings. The van der Waals surface area contributed by atoms with Crippen LogP contribution < -0.4 is 5.32 Å². The molecule has 0 spiro atoms. The Hall–Kier alpha value is -3.15. The number of carbonyl (C=O) groups excluding carboxylic acids is 2. The van der Waals surface area contributed by atoms with E-state index in [2.05, 4.69) is 10.3 Å². The Kier molecular flexibility index (Phi) is 4.79. The summed E-state index contributed by atoms with van der Waals surface area (Å²) in [5.74, 6) is -0.282. The Bertz CT molecular complexity index is 898. The van der Waals surface area contributed by atoms with Gasteiger partial charge in [-0.3, -0.25) is 14.0 Å². The van der Waals surface area contributed by atoms with Gasteiger partial charge in [0.05, 0.1) is 5.52 Å². The molecule has 0 aliphatic carbocycles. The van der Waals surface area contributed by atoms with Crippen molar-refractivity contribution in [1.82, 2.24) is 14.3 Å². The average molecular weight is 336 g/mol. The predicted octanol–water partition coefficient (Wildman–Crippen LogP) is 3.07. The van der Waals surface area contributed by atoms with Crippen LogP contribution in [-0.4, -0.2) is 39.2 Å². The summed E-state index contributed by atoms with van der Waals surface area (Å²) in [6, 6.07) is 14.6. The first kappa shape index (κ1) is 16.7. The van der Waals surface area contributed by atoms with Crippen LogP contribution in [0.15, 0.2) is 54.7 Å². The summed E-state index contributed by atoms with van der Waals surface area (Å²) >= 11 is 0. The van der Waals surface area contributed by atoms with Crippen molar-refractivity contribution in [2.75, 3.05) is 18.4 Å². The number of hydrogen-bond acceptors (Lipinski definition) is 3. The number of anilines is 1. The second-order valence-corrected chi connectivity index (χ2v) is 5.54. The van der Waals surface area contributed by atoms with Crippen molar-refractivity contribution in [3.05, 3.63) is 66.2 Å². The van der Waals surface area contributed by atoms with Crippen LogP contribution in [0.2, 0.25) is 0 Å². The minimum atomic E-state index is -0.339. The van der Waals surface area contributed by atoms with Gasteiger partial charge in [-0.05, 0) is 38.1 Å². The number of nitrogens with zero attached hydrogens (tertiary/aromatic N) is 3. The first-order valence-corrected chi connectivity index (χ1v) is 8.28. The summed E-state index contributed by atoms with van der Waals surface area (Å²) in [6.45, 7) is 5.01. The lowest BCUT2D eigenvalue weighted by atomic mass is 10.3. The number of aromatic nitrogens is 2. The summed E-state index contributed by atoms with van der Waals surface area (Å²) in [7, 11) is 0. The predicted molar refractivity (Wildman–Crippen MR) is 96.8 cm³/mol. The molecule has 128 valence electrons. The van der Waals surface area contributed by atoms with Gasteiger partial charge in [0.1, 0.15) is 0 Å². The molecule has 6 nitrogen and oxygen atoms in total. The van der Waals surface area contributed by atoms with Crippen LogP contribution in [0, 0.1) is 0 Å². The number of imidazole rings is 1. The zero-order valence-electron chi connectivity index (χ0n) is 14.3. The third kappa shape index (κ3) is 3.24. The number of nitrogens with one attached hydrogen (secondary N) is 1. The summed E-state index contributed by atoms with van der Waals surface area (Å²) in [5.41, 5.74) is 1.52. The van der Waals surface area contributed by atoms with Crippen molar-refractivity contribution in [3.63, 3.8) is 0 Å². The lowest BCUT2D eigenvalue weighted by Crippen LogP contribution is -2.32. The van der Waals surface area contributed by atoms with E-state index in [0.29, 0.717) is 24.3 Å². The van der Waals surface area contributed by atoms with E-state index in [1.54, 1.807) is 33.7 Å². The maximum atomic E-state index is 12.7. The highest BCUT2D eigenvalue weighted by atomic mass is 16.2. The number of para-hydroxylation sites is 1. The summed E-state index contributed by atoms with van der Waals surface area (Å²) in [5, 5.41) is 2.82. The maximum Gasteiger partial charge on any atom is 0.290 e. The van der Waals surface area contributed by atoms with Gasteiger partial charge in [-0.15, -0.1) is 0 Å². The van der Waals surface area contributed by atoms with Crippen LogP contribution in [0.3, 0.4) is 0 Å². The lowest BCUT2D eigenvalue weighted by molar-refractivity contribution is 0.0760. The minimum Gasteiger partial charge on any atom is -0.337 e. The van der Waals surface area contributed by atoms with Gasteiger partial charge in [-0.2, -0.15) is 0 Å². The first-order chi connectivity index (χ1) is 12.2. The molecule has 0 bridgehead atoms. The van der Waals surface area contributed by atoms with Crippen molar-refractivity contribution in [2.45, 2.75) is 13.8 Å². The Morgan fingerprint density at radius 1 is 1.04 bits per heavy atom. The van der Waals surface area contributed by atoms with Crippen LogP contribution in [0.1, 0.15) is 35.0 Å². The Morgan fingerprint density at radius 3 is 2.40 bits per heavy atom. The molecule has 0 unspecified atom stereocenters. The second-order valence-electron chi connectivity index (χ2n) is 5.54. The topological polar surface area (TPSA) is 66.7 Å². The van der Waals surface area contributed by atoms with Gasteiger partial charge in [0.2, 0.25) is 5.82 Å². The van der Waals surface area contributed by atoms with Crippen molar-refractivity contribution >= 4 is 23.0 Å². The van der Waals surface area contributed by atoms with Crippen LogP contribution in [-0.2, 0) is 0 Å². The standard InChI is InChI=1S/C19H20N4O2/c1-3-22(4-2)19(25)17-21-16(15-12-8-9-13-23(15)17)18(24)20-14-10-6-5-7-11-14/h5-13H,3-4H2,1-2H3,(H,20,24). The average Bonchev–Trinajstić information content (AvgIpc) is 3.03. The third-order valence-corrected chi connectivity index (χ3v) is 4.04. The van der Waals surface area contributed by atoms with Crippen LogP contribution in [0.25, 0.3) is 5.52 Å². The zero-order valence-corrected chi connectivity index (χ0v) is 14.3. The van der Waals surface area contributed by atoms with E-state index in [1.807, 2.05) is 44.2 Å². The molecule has 0 radical (unpaired) electrons. The Labute approximate surface area is 146 Å². The monoisotopic (exact) mass is 336 g/mol. The number of carbonyl (C=O) groups is 2. The molecule has 25 heavy (non-hydrogen) atoms. The quantitative estimate of drug-likeness (QED) is 0.779. The molecule has 2 amide bonds. The molecule has 2 heterocycles. The SMILES string of the molecule is CCN(CC)C(=O)c1nc(C(=O)Nc2ccccc2)c2ccccn12. The number of pyridine rings is 1. The molecular formula is C19H20N4O2. The molecule has 0 atom stereocenters. The van der Waals surface area contributed by atoms with E-state index in [4.69, 9.17) is 0 Å². The zero-order chi connectivity index (χ0) is 17.8. The third-order valence-electron chi connectivity index (χ3n) is 4.04. The summed E-state index contributed by atoms with van der Waals surface area (Å²) in [6.07, 6.45) is 1.75. The second kappa shape index (κ2) is 7.17. The number of benzene rings is 1. The number of rotatable bonds is 5. The van der Waals surface area contributed by atoms with Crippen LogP contribution in [0.4, 0.5) is 5.69 Å². The molecule has 1 aromatic carbocycles. The molecule has 0 saturated carbocycles. The minimum absolute atomic E-state index is 0.190. The fourth-order valence-corrected chi connectivity index (χ4v) is 2.72. The van der Waals surface area contributed by atoms with Gasteiger partial charge < -0.3 is 10.2 Å². The molecule has 3 rings (SSSR count). The van der Waals surface area contributed by atoms with Gasteiger partial charge in [0.15, 0.2) is 5.69 Å². The van der Waals surface area contributed by atoms with E-state index in [0.717, 1.165) is 0 Å². The number of fused-ring (bicyclic) bond motifs is 1. The lowest BCUT2D eigenvalue weighted by Gasteiger charge is -2.17. The molecule has 0 saturated heterocycles. The van der Waals surface area contributed by atoms with Crippen molar-refractivity contribution in [1.29, 1.82) is 0 Å². The molecule has 0 aliphatic rings. The van der Waals surface area contributed by atoms with E-state index in [1.165, 1.54) is 0 Å². The van der Waals surface area contributed by atoms with Crippen LogP contribution in [0.5, 0.6) is 0 Å². The molecule has 1 N–H and O–H groups in total. The fourth-order valence-electron chi connectivity index (χ4n) is 2.72. The number of amides is 2. The van der Waals surface area contributed by atoms with Crippen molar-refractivity contribution in [2.24, 2.45) is 0 Å². The van der Waals surface area contributed by atoms with Crippen molar-refractivity contribution in [3.8, 4) is 0 Å². The summed E-state index contributed by atoms with van der Waals surface area (Å²) < 4.78 is 1.67. The highest BCUT2D eigenvalue weighted by molar-refractivity contribution is 6.08. The van der Waals surface area contributed by atoms with E-state index in [9.17, 15) is 9.59 Å². The molecule has 6 heteroatoms. The molecular weight excluding hydrogens is 316 g/mol. The maximum absolute atomic E-state index is 12.7. The van der Waals surface area contributed by atoms with E-state index >= 15 is 0 Å². The highest BCUT2D eigenvalue weighted by Gasteiger charge is 2.23. The smallest absolute Gasteiger partial charge is 0.290 e. The fraction of sp³-hybridized carbons (Fsp3) is 0.211. The van der Waals surface area contributed by atoms with Gasteiger partial charge >= 0.3 is 0 Å². The Morgan fingerprint density at radius 2 is 1.72 bits per heavy atom. The molecule has 2 aromatic heterocycles. The van der Waals surface area contributed by atoms with Gasteiger partial charge in [0.25, 0.3) is 11.8 Å². The largest absolute Gasteiger partial charge is 0.337 e. The normalized spacial score (nSPS) is 10.6. The number of hydrogen-bond donors (Lipinski definition) is 1. The van der Waals surface area contributed by atoms with E-state index < -0.39 is 0 Å². The Balaban J connectivity index is 2.02. The van der Waals surface area contributed by atoms with E-state index in [-0.39, 0.29) is 23.3 Å².